The van der Waals surface area contributed by atoms with E-state index in [0.717, 1.165) is 9.87 Å². The van der Waals surface area contributed by atoms with E-state index in [1.54, 1.807) is 4.90 Å². The minimum absolute atomic E-state index is 0.0360. The zero-order chi connectivity index (χ0) is 23.3. The lowest BCUT2D eigenvalue weighted by atomic mass is 9.96. The van der Waals surface area contributed by atoms with E-state index >= 15 is 0 Å². The summed E-state index contributed by atoms with van der Waals surface area (Å²) in [5.74, 6) is -0.968. The van der Waals surface area contributed by atoms with Crippen LogP contribution in [-0.4, -0.2) is 55.6 Å². The number of hydrogen-bond donors (Lipinski definition) is 1. The van der Waals surface area contributed by atoms with Crippen LogP contribution < -0.4 is 5.73 Å². The molecule has 2 amide bonds. The van der Waals surface area contributed by atoms with E-state index < -0.39 is 10.0 Å². The highest BCUT2D eigenvalue weighted by molar-refractivity contribution is 7.89. The number of primary amides is 1. The van der Waals surface area contributed by atoms with Crippen LogP contribution in [0.25, 0.3) is 0 Å². The summed E-state index contributed by atoms with van der Waals surface area (Å²) in [7, 11) is -4.09. The Morgan fingerprint density at radius 2 is 1.72 bits per heavy atom. The van der Waals surface area contributed by atoms with Gasteiger partial charge in [0.25, 0.3) is 0 Å². The van der Waals surface area contributed by atoms with Gasteiger partial charge in [0.05, 0.1) is 11.6 Å². The number of halogens is 2. The molecule has 172 valence electrons. The third kappa shape index (κ3) is 6.01. The van der Waals surface area contributed by atoms with Gasteiger partial charge in [-0.1, -0.05) is 53.5 Å². The number of sulfonamides is 1. The van der Waals surface area contributed by atoms with E-state index in [0.29, 0.717) is 32.4 Å². The number of benzene rings is 2. The van der Waals surface area contributed by atoms with Crippen molar-refractivity contribution in [1.29, 1.82) is 0 Å². The number of carbonyl (C=O) groups excluding carboxylic acids is 2. The average Bonchev–Trinajstić information content (AvgIpc) is 2.78. The van der Waals surface area contributed by atoms with Crippen LogP contribution in [0.2, 0.25) is 10.0 Å². The fraction of sp³-hybridized carbons (Fsp3) is 0.364. The first-order valence-electron chi connectivity index (χ1n) is 10.2. The molecule has 3 rings (SSSR count). The van der Waals surface area contributed by atoms with Crippen LogP contribution in [0.5, 0.6) is 0 Å². The molecule has 1 fully saturated rings. The van der Waals surface area contributed by atoms with Gasteiger partial charge in [-0.3, -0.25) is 9.59 Å². The number of rotatable bonds is 8. The first-order valence-corrected chi connectivity index (χ1v) is 12.4. The Hall–Kier alpha value is -2.13. The number of carbonyl (C=O) groups is 2. The van der Waals surface area contributed by atoms with Gasteiger partial charge in [0, 0.05) is 30.6 Å². The number of hydrogen-bond acceptors (Lipinski definition) is 4. The van der Waals surface area contributed by atoms with Crippen molar-refractivity contribution in [2.45, 2.75) is 24.2 Å². The predicted octanol–water partition coefficient (Wildman–Crippen LogP) is 2.95. The zero-order valence-electron chi connectivity index (χ0n) is 17.4. The molecule has 0 aliphatic carbocycles. The van der Waals surface area contributed by atoms with Crippen LogP contribution >= 0.6 is 23.2 Å². The second kappa shape index (κ2) is 10.7. The Labute approximate surface area is 198 Å². The Kier molecular flexibility index (Phi) is 8.16. The Balaban J connectivity index is 1.81. The fourth-order valence-corrected chi connectivity index (χ4v) is 5.79. The Bertz CT molecular complexity index is 1070. The van der Waals surface area contributed by atoms with Gasteiger partial charge in [0.2, 0.25) is 21.8 Å². The molecular formula is C22H25Cl2N3O4S. The van der Waals surface area contributed by atoms with Gasteiger partial charge >= 0.3 is 0 Å². The first kappa shape index (κ1) is 24.5. The standard InChI is InChI=1S/C22H25Cl2N3O4S/c23-18-6-7-19(24)20(14-18)32(30,31)27(13-8-16-4-2-1-3-5-16)15-21(28)26-11-9-17(10-12-26)22(25)29/h1-7,14,17H,8-13,15H2,(H2,25,29). The largest absolute Gasteiger partial charge is 0.369 e. The molecule has 0 spiro atoms. The summed E-state index contributed by atoms with van der Waals surface area (Å²) in [4.78, 5) is 25.8. The van der Waals surface area contributed by atoms with Gasteiger partial charge in [0.1, 0.15) is 4.90 Å². The maximum absolute atomic E-state index is 13.4. The Morgan fingerprint density at radius 3 is 2.34 bits per heavy atom. The molecule has 2 aromatic rings. The van der Waals surface area contributed by atoms with Crippen molar-refractivity contribution in [3.8, 4) is 0 Å². The van der Waals surface area contributed by atoms with Crippen molar-refractivity contribution >= 4 is 45.0 Å². The molecule has 0 unspecified atom stereocenters. The maximum atomic E-state index is 13.4. The summed E-state index contributed by atoms with van der Waals surface area (Å²) in [5, 5.41) is 0.268. The van der Waals surface area contributed by atoms with Crippen LogP contribution in [-0.2, 0) is 26.0 Å². The zero-order valence-corrected chi connectivity index (χ0v) is 19.7. The molecule has 2 N–H and O–H groups in total. The molecule has 1 heterocycles. The third-order valence-corrected chi connectivity index (χ3v) is 8.13. The van der Waals surface area contributed by atoms with Crippen molar-refractivity contribution < 1.29 is 18.0 Å². The van der Waals surface area contributed by atoms with Crippen molar-refractivity contribution in [3.05, 3.63) is 64.1 Å². The van der Waals surface area contributed by atoms with Gasteiger partial charge < -0.3 is 10.6 Å². The number of amides is 2. The Morgan fingerprint density at radius 1 is 1.06 bits per heavy atom. The molecular weight excluding hydrogens is 473 g/mol. The number of nitrogens with two attached hydrogens (primary N) is 1. The van der Waals surface area contributed by atoms with E-state index in [9.17, 15) is 18.0 Å². The quantitative estimate of drug-likeness (QED) is 0.605. The monoisotopic (exact) mass is 497 g/mol. The molecule has 0 saturated carbocycles. The topological polar surface area (TPSA) is 101 Å². The summed E-state index contributed by atoms with van der Waals surface area (Å²) in [5.41, 5.74) is 6.30. The SMILES string of the molecule is NC(=O)C1CCN(C(=O)CN(CCc2ccccc2)S(=O)(=O)c2cc(Cl)ccc2Cl)CC1. The molecule has 0 radical (unpaired) electrons. The van der Waals surface area contributed by atoms with E-state index in [2.05, 4.69) is 0 Å². The molecule has 0 bridgehead atoms. The summed E-state index contributed by atoms with van der Waals surface area (Å²) < 4.78 is 28.0. The highest BCUT2D eigenvalue weighted by atomic mass is 35.5. The van der Waals surface area contributed by atoms with Gasteiger partial charge in [-0.2, -0.15) is 4.31 Å². The van der Waals surface area contributed by atoms with E-state index in [-0.39, 0.29) is 45.8 Å². The first-order chi connectivity index (χ1) is 15.2. The number of nitrogens with zero attached hydrogens (tertiary/aromatic N) is 2. The molecule has 1 saturated heterocycles. The second-order valence-corrected chi connectivity index (χ2v) is 10.5. The maximum Gasteiger partial charge on any atom is 0.245 e. The van der Waals surface area contributed by atoms with Gasteiger partial charge in [0.15, 0.2) is 0 Å². The second-order valence-electron chi connectivity index (χ2n) is 7.71. The molecule has 10 heteroatoms. The van der Waals surface area contributed by atoms with Crippen molar-refractivity contribution in [3.63, 3.8) is 0 Å². The lowest BCUT2D eigenvalue weighted by Gasteiger charge is -2.32. The van der Waals surface area contributed by atoms with Crippen LogP contribution in [0, 0.1) is 5.92 Å². The summed E-state index contributed by atoms with van der Waals surface area (Å²) in [6.07, 6.45) is 1.37. The number of likely N-dealkylation sites (tertiary alicyclic amines) is 1. The van der Waals surface area contributed by atoms with Gasteiger partial charge in [-0.05, 0) is 43.0 Å². The van der Waals surface area contributed by atoms with Crippen LogP contribution in [0.3, 0.4) is 0 Å². The van der Waals surface area contributed by atoms with E-state index in [1.807, 2.05) is 30.3 Å². The van der Waals surface area contributed by atoms with E-state index in [1.165, 1.54) is 18.2 Å². The molecule has 1 aliphatic heterocycles. The van der Waals surface area contributed by atoms with Crippen LogP contribution in [0.1, 0.15) is 18.4 Å². The fourth-order valence-electron chi connectivity index (χ4n) is 3.66. The third-order valence-electron chi connectivity index (χ3n) is 5.57. The molecule has 1 aliphatic rings. The lowest BCUT2D eigenvalue weighted by Crippen LogP contribution is -2.47. The van der Waals surface area contributed by atoms with E-state index in [4.69, 9.17) is 28.9 Å². The summed E-state index contributed by atoms with van der Waals surface area (Å²) >= 11 is 12.2. The average molecular weight is 498 g/mol. The normalized spacial score (nSPS) is 15.2. The smallest absolute Gasteiger partial charge is 0.245 e. The summed E-state index contributed by atoms with van der Waals surface area (Å²) in [6, 6.07) is 13.6. The highest BCUT2D eigenvalue weighted by Gasteiger charge is 2.32. The van der Waals surface area contributed by atoms with Crippen LogP contribution in [0.15, 0.2) is 53.4 Å². The van der Waals surface area contributed by atoms with Gasteiger partial charge in [-0.25, -0.2) is 8.42 Å². The van der Waals surface area contributed by atoms with Crippen molar-refractivity contribution in [2.75, 3.05) is 26.2 Å². The lowest BCUT2D eigenvalue weighted by molar-refractivity contribution is -0.135. The minimum Gasteiger partial charge on any atom is -0.369 e. The van der Waals surface area contributed by atoms with Crippen molar-refractivity contribution in [2.24, 2.45) is 11.7 Å². The predicted molar refractivity (Wildman–Crippen MR) is 124 cm³/mol. The minimum atomic E-state index is -4.09. The van der Waals surface area contributed by atoms with Crippen molar-refractivity contribution in [1.82, 2.24) is 9.21 Å². The molecule has 2 aromatic carbocycles. The molecule has 0 aromatic heterocycles. The number of piperidine rings is 1. The molecule has 0 atom stereocenters. The molecule has 7 nitrogen and oxygen atoms in total. The highest BCUT2D eigenvalue weighted by Crippen LogP contribution is 2.28. The van der Waals surface area contributed by atoms with Crippen LogP contribution in [0.4, 0.5) is 0 Å². The molecule has 32 heavy (non-hydrogen) atoms. The van der Waals surface area contributed by atoms with Gasteiger partial charge in [-0.15, -0.1) is 0 Å². The summed E-state index contributed by atoms with van der Waals surface area (Å²) in [6.45, 7) is 0.478.